The van der Waals surface area contributed by atoms with Crippen molar-refractivity contribution in [2.24, 2.45) is 0 Å². The largest absolute Gasteiger partial charge is 0.450 e. The molecule has 4 rings (SSSR count). The van der Waals surface area contributed by atoms with Crippen molar-refractivity contribution in [3.8, 4) is 0 Å². The van der Waals surface area contributed by atoms with E-state index < -0.39 is 11.7 Å². The van der Waals surface area contributed by atoms with Crippen molar-refractivity contribution in [3.05, 3.63) is 70.6 Å². The van der Waals surface area contributed by atoms with Crippen LogP contribution < -0.4 is 16.3 Å². The van der Waals surface area contributed by atoms with Gasteiger partial charge in [0.05, 0.1) is 13.2 Å². The summed E-state index contributed by atoms with van der Waals surface area (Å²) in [4.78, 5) is 40.5. The van der Waals surface area contributed by atoms with Crippen molar-refractivity contribution in [2.75, 3.05) is 50.0 Å². The van der Waals surface area contributed by atoms with Gasteiger partial charge in [-0.3, -0.25) is 19.9 Å². The zero-order valence-electron chi connectivity index (χ0n) is 19.1. The lowest BCUT2D eigenvalue weighted by atomic mass is 10.1. The van der Waals surface area contributed by atoms with Gasteiger partial charge in [0.2, 0.25) is 5.91 Å². The number of rotatable bonds is 7. The fourth-order valence-electron chi connectivity index (χ4n) is 4.00. The number of carbonyl (C=O) groups is 2. The summed E-state index contributed by atoms with van der Waals surface area (Å²) in [5.41, 5.74) is 2.12. The Hall–Kier alpha value is -3.69. The molecule has 0 unspecified atom stereocenters. The number of nitrogens with zero attached hydrogens (tertiary/aromatic N) is 2. The van der Waals surface area contributed by atoms with Crippen molar-refractivity contribution in [3.63, 3.8) is 0 Å². The van der Waals surface area contributed by atoms with Gasteiger partial charge in [-0.1, -0.05) is 18.2 Å². The Morgan fingerprint density at radius 2 is 1.68 bits per heavy atom. The molecule has 178 valence electrons. The number of para-hydroxylation sites is 1. The van der Waals surface area contributed by atoms with Crippen molar-refractivity contribution in [1.82, 2.24) is 9.80 Å². The molecule has 2 N–H and O–H groups in total. The molecule has 1 saturated heterocycles. The molecule has 0 atom stereocenters. The summed E-state index contributed by atoms with van der Waals surface area (Å²) >= 11 is 0. The van der Waals surface area contributed by atoms with Gasteiger partial charge in [-0.2, -0.15) is 0 Å². The topological polar surface area (TPSA) is 104 Å². The van der Waals surface area contributed by atoms with Gasteiger partial charge in [-0.05, 0) is 36.8 Å². The van der Waals surface area contributed by atoms with Crippen LogP contribution in [0, 0.1) is 0 Å². The number of benzene rings is 2. The first-order valence-corrected chi connectivity index (χ1v) is 11.3. The molecule has 2 heterocycles. The molecule has 1 aliphatic rings. The van der Waals surface area contributed by atoms with Crippen molar-refractivity contribution < 1.29 is 18.7 Å². The molecule has 2 aromatic carbocycles. The maximum Gasteiger partial charge on any atom is 0.411 e. The average molecular weight is 465 g/mol. The zero-order chi connectivity index (χ0) is 23.9. The van der Waals surface area contributed by atoms with Crippen LogP contribution in [0.4, 0.5) is 16.2 Å². The molecule has 1 aromatic heterocycles. The summed E-state index contributed by atoms with van der Waals surface area (Å²) in [5, 5.41) is 6.35. The second kappa shape index (κ2) is 11.0. The summed E-state index contributed by atoms with van der Waals surface area (Å²) in [5.74, 6) is -0.0291. The van der Waals surface area contributed by atoms with Crippen LogP contribution in [0.5, 0.6) is 0 Å². The smallest absolute Gasteiger partial charge is 0.411 e. The molecular weight excluding hydrogens is 436 g/mol. The fraction of sp³-hybridized carbons (Fsp3) is 0.320. The monoisotopic (exact) mass is 464 g/mol. The lowest BCUT2D eigenvalue weighted by Crippen LogP contribution is -2.48. The summed E-state index contributed by atoms with van der Waals surface area (Å²) in [6.07, 6.45) is -0.560. The first-order valence-electron chi connectivity index (χ1n) is 11.3. The Labute approximate surface area is 197 Å². The molecule has 9 nitrogen and oxygen atoms in total. The molecular formula is C25H28N4O5. The van der Waals surface area contributed by atoms with Crippen molar-refractivity contribution >= 4 is 34.3 Å². The van der Waals surface area contributed by atoms with E-state index in [0.717, 1.165) is 42.8 Å². The minimum atomic E-state index is -0.560. The molecule has 3 aromatic rings. The van der Waals surface area contributed by atoms with Crippen LogP contribution in [-0.4, -0.2) is 61.1 Å². The van der Waals surface area contributed by atoms with E-state index in [-0.39, 0.29) is 12.5 Å². The van der Waals surface area contributed by atoms with Gasteiger partial charge < -0.3 is 14.5 Å². The number of ether oxygens (including phenoxy) is 1. The van der Waals surface area contributed by atoms with E-state index in [2.05, 4.69) is 20.4 Å². The lowest BCUT2D eigenvalue weighted by Gasteiger charge is -2.34. The maximum absolute atomic E-state index is 12.3. The van der Waals surface area contributed by atoms with E-state index in [0.29, 0.717) is 24.4 Å². The molecule has 0 spiro atoms. The minimum absolute atomic E-state index is 0.0291. The van der Waals surface area contributed by atoms with Crippen LogP contribution in [0.2, 0.25) is 0 Å². The van der Waals surface area contributed by atoms with E-state index in [1.165, 1.54) is 6.07 Å². The van der Waals surface area contributed by atoms with Crippen molar-refractivity contribution in [1.29, 1.82) is 0 Å². The number of fused-ring (bicyclic) bond motifs is 1. The predicted molar refractivity (Wildman–Crippen MR) is 130 cm³/mol. The Morgan fingerprint density at radius 3 is 2.41 bits per heavy atom. The molecule has 34 heavy (non-hydrogen) atoms. The maximum atomic E-state index is 12.3. The highest BCUT2D eigenvalue weighted by Gasteiger charge is 2.20. The standard InChI is InChI=1S/C25H28N4O5/c1-2-33-25(32)27-20-8-9-21-18(14-24(31)34-22(21)15-20)16-28-10-12-29(13-11-28)17-23(30)26-19-6-4-3-5-7-19/h3-9,14-15H,2,10-13,16-17H2,1H3,(H,26,30)(H,27,32). The fourth-order valence-corrected chi connectivity index (χ4v) is 4.00. The number of amides is 2. The van der Waals surface area contributed by atoms with Gasteiger partial charge in [-0.15, -0.1) is 0 Å². The number of carbonyl (C=O) groups excluding carboxylic acids is 2. The Balaban J connectivity index is 1.35. The van der Waals surface area contributed by atoms with Crippen LogP contribution in [0.1, 0.15) is 12.5 Å². The zero-order valence-corrected chi connectivity index (χ0v) is 19.1. The van der Waals surface area contributed by atoms with Gasteiger partial charge in [-0.25, -0.2) is 9.59 Å². The van der Waals surface area contributed by atoms with Gasteiger partial charge in [0.25, 0.3) is 0 Å². The molecule has 0 aliphatic carbocycles. The Bertz CT molecular complexity index is 1200. The molecule has 1 aliphatic heterocycles. The minimum Gasteiger partial charge on any atom is -0.450 e. The van der Waals surface area contributed by atoms with Crippen LogP contribution in [0.25, 0.3) is 11.0 Å². The van der Waals surface area contributed by atoms with Gasteiger partial charge >= 0.3 is 11.7 Å². The number of anilines is 2. The normalized spacial score (nSPS) is 14.6. The van der Waals surface area contributed by atoms with Gasteiger partial charge in [0.15, 0.2) is 0 Å². The summed E-state index contributed by atoms with van der Waals surface area (Å²) in [6.45, 7) is 6.01. The highest BCUT2D eigenvalue weighted by Crippen LogP contribution is 2.23. The van der Waals surface area contributed by atoms with Crippen molar-refractivity contribution in [2.45, 2.75) is 13.5 Å². The predicted octanol–water partition coefficient (Wildman–Crippen LogP) is 3.12. The second-order valence-electron chi connectivity index (χ2n) is 8.11. The van der Waals surface area contributed by atoms with E-state index in [1.54, 1.807) is 19.1 Å². The van der Waals surface area contributed by atoms with E-state index in [9.17, 15) is 14.4 Å². The SMILES string of the molecule is CCOC(=O)Nc1ccc2c(CN3CCN(CC(=O)Nc4ccccc4)CC3)cc(=O)oc2c1. The third kappa shape index (κ3) is 6.21. The third-order valence-electron chi connectivity index (χ3n) is 5.64. The van der Waals surface area contributed by atoms with E-state index in [4.69, 9.17) is 9.15 Å². The van der Waals surface area contributed by atoms with Gasteiger partial charge in [0.1, 0.15) is 5.58 Å². The first kappa shape index (κ1) is 23.5. The Kier molecular flexibility index (Phi) is 7.56. The number of piperazine rings is 1. The number of nitrogens with one attached hydrogen (secondary N) is 2. The van der Waals surface area contributed by atoms with Crippen LogP contribution >= 0.6 is 0 Å². The highest BCUT2D eigenvalue weighted by molar-refractivity contribution is 5.92. The lowest BCUT2D eigenvalue weighted by molar-refractivity contribution is -0.117. The molecule has 2 amide bonds. The summed E-state index contributed by atoms with van der Waals surface area (Å²) in [6, 6.07) is 16.2. The summed E-state index contributed by atoms with van der Waals surface area (Å²) in [7, 11) is 0. The van der Waals surface area contributed by atoms with Crippen LogP contribution in [-0.2, 0) is 16.1 Å². The van der Waals surface area contributed by atoms with Crippen LogP contribution in [0.3, 0.4) is 0 Å². The van der Waals surface area contributed by atoms with E-state index in [1.807, 2.05) is 36.4 Å². The highest BCUT2D eigenvalue weighted by atomic mass is 16.5. The summed E-state index contributed by atoms with van der Waals surface area (Å²) < 4.78 is 10.3. The third-order valence-corrected chi connectivity index (χ3v) is 5.64. The average Bonchev–Trinajstić information content (AvgIpc) is 2.81. The number of hydrogen-bond acceptors (Lipinski definition) is 7. The van der Waals surface area contributed by atoms with Crippen LogP contribution in [0.15, 0.2) is 63.8 Å². The first-order chi connectivity index (χ1) is 16.5. The van der Waals surface area contributed by atoms with E-state index >= 15 is 0 Å². The second-order valence-corrected chi connectivity index (χ2v) is 8.11. The molecule has 9 heteroatoms. The molecule has 0 bridgehead atoms. The van der Waals surface area contributed by atoms with Gasteiger partial charge in [0, 0.05) is 61.6 Å². The number of hydrogen-bond donors (Lipinski definition) is 2. The Morgan fingerprint density at radius 1 is 0.941 bits per heavy atom. The molecule has 0 radical (unpaired) electrons. The molecule has 0 saturated carbocycles. The quantitative estimate of drug-likeness (QED) is 0.518. The molecule has 1 fully saturated rings.